The van der Waals surface area contributed by atoms with Crippen molar-refractivity contribution in [3.8, 4) is 0 Å². The van der Waals surface area contributed by atoms with Gasteiger partial charge in [0.1, 0.15) is 6.61 Å². The van der Waals surface area contributed by atoms with Crippen LogP contribution in [0.4, 0.5) is 0 Å². The van der Waals surface area contributed by atoms with Crippen LogP contribution >= 0.6 is 0 Å². The molecule has 27 heavy (non-hydrogen) atoms. The van der Waals surface area contributed by atoms with Crippen LogP contribution in [0.2, 0.25) is 0 Å². The van der Waals surface area contributed by atoms with Crippen molar-refractivity contribution in [1.82, 2.24) is 14.7 Å². The van der Waals surface area contributed by atoms with E-state index in [0.29, 0.717) is 19.6 Å². The molecular weight excluding hydrogens is 346 g/mol. The van der Waals surface area contributed by atoms with Gasteiger partial charge in [0.25, 0.3) is 5.91 Å². The molecule has 0 aromatic heterocycles. The summed E-state index contributed by atoms with van der Waals surface area (Å²) in [5.74, 6) is -0.424. The highest BCUT2D eigenvalue weighted by Gasteiger charge is 2.43. The number of piperazine rings is 1. The number of carbonyl (C=O) groups excluding carboxylic acids is 3. The summed E-state index contributed by atoms with van der Waals surface area (Å²) in [5.41, 5.74) is 1.89. The maximum Gasteiger partial charge on any atom is 0.254 e. The predicted octanol–water partition coefficient (Wildman–Crippen LogP) is 0.974. The van der Waals surface area contributed by atoms with Crippen LogP contribution < -0.4 is 0 Å². The maximum absolute atomic E-state index is 13.2. The number of hydrogen-bond acceptors (Lipinski definition) is 4. The van der Waals surface area contributed by atoms with E-state index in [1.807, 2.05) is 38.1 Å². The summed E-state index contributed by atoms with van der Waals surface area (Å²) in [7, 11) is 1.70. The Morgan fingerprint density at radius 3 is 2.59 bits per heavy atom. The molecule has 2 saturated heterocycles. The van der Waals surface area contributed by atoms with Gasteiger partial charge in [-0.05, 0) is 24.5 Å². The minimum atomic E-state index is -0.806. The number of amides is 3. The maximum atomic E-state index is 13.2. The number of carbonyl (C=O) groups is 3. The zero-order chi connectivity index (χ0) is 19.6. The lowest BCUT2D eigenvalue weighted by atomic mass is 9.93. The summed E-state index contributed by atoms with van der Waals surface area (Å²) in [6, 6.07) is 7.19. The number of rotatable bonds is 4. The molecule has 0 unspecified atom stereocenters. The van der Waals surface area contributed by atoms with Gasteiger partial charge in [0.2, 0.25) is 11.8 Å². The molecule has 0 N–H and O–H groups in total. The SMILES string of the molecule is CCCN1CCN(C(=O)[C@H]2OCC(=O)N(C)[C@@H]2c2ccccc2C)CC1=O. The van der Waals surface area contributed by atoms with Gasteiger partial charge in [0.05, 0.1) is 12.6 Å². The summed E-state index contributed by atoms with van der Waals surface area (Å²) in [5, 5.41) is 0. The summed E-state index contributed by atoms with van der Waals surface area (Å²) in [6.45, 7) is 5.66. The first-order valence-corrected chi connectivity index (χ1v) is 9.43. The van der Waals surface area contributed by atoms with Crippen molar-refractivity contribution in [2.24, 2.45) is 0 Å². The van der Waals surface area contributed by atoms with E-state index in [9.17, 15) is 14.4 Å². The highest BCUT2D eigenvalue weighted by Crippen LogP contribution is 2.32. The monoisotopic (exact) mass is 373 g/mol. The third-order valence-electron chi connectivity index (χ3n) is 5.36. The lowest BCUT2D eigenvalue weighted by molar-refractivity contribution is -0.170. The second-order valence-electron chi connectivity index (χ2n) is 7.18. The highest BCUT2D eigenvalue weighted by molar-refractivity contribution is 5.90. The largest absolute Gasteiger partial charge is 0.356 e. The number of nitrogens with zero attached hydrogens (tertiary/aromatic N) is 3. The molecule has 2 aliphatic heterocycles. The number of morpholine rings is 1. The Bertz CT molecular complexity index is 736. The first-order chi connectivity index (χ1) is 12.9. The zero-order valence-electron chi connectivity index (χ0n) is 16.2. The molecule has 2 aliphatic rings. The molecule has 2 atom stereocenters. The average Bonchev–Trinajstić information content (AvgIpc) is 2.66. The molecule has 1 aromatic carbocycles. The highest BCUT2D eigenvalue weighted by atomic mass is 16.5. The van der Waals surface area contributed by atoms with Crippen molar-refractivity contribution < 1.29 is 19.1 Å². The van der Waals surface area contributed by atoms with Crippen molar-refractivity contribution in [2.45, 2.75) is 32.4 Å². The first-order valence-electron chi connectivity index (χ1n) is 9.43. The summed E-state index contributed by atoms with van der Waals surface area (Å²) >= 11 is 0. The minimum absolute atomic E-state index is 0.0378. The molecule has 3 rings (SSSR count). The van der Waals surface area contributed by atoms with Gasteiger partial charge >= 0.3 is 0 Å². The third kappa shape index (κ3) is 3.83. The fourth-order valence-corrected chi connectivity index (χ4v) is 3.79. The van der Waals surface area contributed by atoms with E-state index in [4.69, 9.17) is 4.74 Å². The van der Waals surface area contributed by atoms with Gasteiger partial charge in [-0.15, -0.1) is 0 Å². The van der Waals surface area contributed by atoms with E-state index in [-0.39, 0.29) is 30.9 Å². The Kier molecular flexibility index (Phi) is 5.79. The van der Waals surface area contributed by atoms with Gasteiger partial charge in [-0.2, -0.15) is 0 Å². The van der Waals surface area contributed by atoms with Crippen molar-refractivity contribution in [2.75, 3.05) is 39.8 Å². The van der Waals surface area contributed by atoms with Crippen LogP contribution in [0.3, 0.4) is 0 Å². The number of hydrogen-bond donors (Lipinski definition) is 0. The van der Waals surface area contributed by atoms with Gasteiger partial charge in [0, 0.05) is 26.7 Å². The number of benzene rings is 1. The van der Waals surface area contributed by atoms with E-state index in [1.54, 1.807) is 21.7 Å². The van der Waals surface area contributed by atoms with Crippen molar-refractivity contribution in [3.05, 3.63) is 35.4 Å². The molecule has 7 nitrogen and oxygen atoms in total. The second kappa shape index (κ2) is 8.08. The zero-order valence-corrected chi connectivity index (χ0v) is 16.2. The van der Waals surface area contributed by atoms with Gasteiger partial charge < -0.3 is 19.4 Å². The van der Waals surface area contributed by atoms with Crippen LogP contribution in [0.1, 0.15) is 30.5 Å². The second-order valence-corrected chi connectivity index (χ2v) is 7.18. The molecular formula is C20H27N3O4. The van der Waals surface area contributed by atoms with Gasteiger partial charge in [-0.25, -0.2) is 0 Å². The Morgan fingerprint density at radius 2 is 1.93 bits per heavy atom. The fourth-order valence-electron chi connectivity index (χ4n) is 3.79. The molecule has 2 heterocycles. The van der Waals surface area contributed by atoms with Crippen molar-refractivity contribution in [1.29, 1.82) is 0 Å². The fraction of sp³-hybridized carbons (Fsp3) is 0.550. The summed E-state index contributed by atoms with van der Waals surface area (Å²) < 4.78 is 5.70. The van der Waals surface area contributed by atoms with E-state index < -0.39 is 12.1 Å². The number of ether oxygens (including phenoxy) is 1. The molecule has 0 saturated carbocycles. The molecule has 0 bridgehead atoms. The van der Waals surface area contributed by atoms with Crippen LogP contribution in [0, 0.1) is 6.92 Å². The molecule has 0 radical (unpaired) electrons. The lowest BCUT2D eigenvalue weighted by Crippen LogP contribution is -2.58. The van der Waals surface area contributed by atoms with E-state index in [2.05, 4.69) is 0 Å². The van der Waals surface area contributed by atoms with E-state index >= 15 is 0 Å². The molecule has 2 fully saturated rings. The normalized spacial score (nSPS) is 23.7. The molecule has 0 spiro atoms. The standard InChI is InChI=1S/C20H27N3O4/c1-4-9-22-10-11-23(12-16(22)24)20(26)19-18(21(3)17(25)13-27-19)15-8-6-5-7-14(15)2/h5-8,18-19H,4,9-13H2,1-3H3/t18-,19+/m1/s1. The van der Waals surface area contributed by atoms with Gasteiger partial charge in [-0.1, -0.05) is 31.2 Å². The van der Waals surface area contributed by atoms with Crippen LogP contribution in [-0.4, -0.2) is 78.4 Å². The average molecular weight is 373 g/mol. The number of aryl methyl sites for hydroxylation is 1. The Hall–Kier alpha value is -2.41. The van der Waals surface area contributed by atoms with Crippen LogP contribution in [0.25, 0.3) is 0 Å². The minimum Gasteiger partial charge on any atom is -0.356 e. The quantitative estimate of drug-likeness (QED) is 0.789. The van der Waals surface area contributed by atoms with Crippen LogP contribution in [0.5, 0.6) is 0 Å². The molecule has 1 aromatic rings. The third-order valence-corrected chi connectivity index (χ3v) is 5.36. The molecule has 7 heteroatoms. The van der Waals surface area contributed by atoms with Gasteiger partial charge in [0.15, 0.2) is 6.10 Å². The Balaban J connectivity index is 1.83. The lowest BCUT2D eigenvalue weighted by Gasteiger charge is -2.42. The van der Waals surface area contributed by atoms with Crippen molar-refractivity contribution in [3.63, 3.8) is 0 Å². The molecule has 3 amide bonds. The van der Waals surface area contributed by atoms with Crippen LogP contribution in [0.15, 0.2) is 24.3 Å². The smallest absolute Gasteiger partial charge is 0.254 e. The Labute approximate surface area is 159 Å². The Morgan fingerprint density at radius 1 is 1.19 bits per heavy atom. The molecule has 146 valence electrons. The topological polar surface area (TPSA) is 70.2 Å². The first kappa shape index (κ1) is 19.4. The van der Waals surface area contributed by atoms with Crippen molar-refractivity contribution >= 4 is 17.7 Å². The molecule has 0 aliphatic carbocycles. The summed E-state index contributed by atoms with van der Waals surface area (Å²) in [4.78, 5) is 42.7. The van der Waals surface area contributed by atoms with Gasteiger partial charge in [-0.3, -0.25) is 14.4 Å². The van der Waals surface area contributed by atoms with E-state index in [0.717, 1.165) is 17.5 Å². The van der Waals surface area contributed by atoms with Crippen LogP contribution in [-0.2, 0) is 19.1 Å². The van der Waals surface area contributed by atoms with E-state index in [1.165, 1.54) is 0 Å². The predicted molar refractivity (Wildman–Crippen MR) is 99.9 cm³/mol. The number of likely N-dealkylation sites (N-methyl/N-ethyl adjacent to an activating group) is 1. The summed E-state index contributed by atoms with van der Waals surface area (Å²) in [6.07, 6.45) is 0.0903.